The number of nitro benzene ring substituents is 1. The SMILES string of the molecule is COc1cccc(CNCC(O)C(Cc2ccccc2)NC(=O)c2cc(C(=O)N(C)Cc3nc(C)cs3)cc([N+](=O)[O-])c2)c1. The number of hydrogen-bond acceptors (Lipinski definition) is 9. The Labute approximate surface area is 259 Å². The first-order valence-corrected chi connectivity index (χ1v) is 14.8. The van der Waals surface area contributed by atoms with Gasteiger partial charge in [-0.25, -0.2) is 4.98 Å². The maximum absolute atomic E-state index is 13.5. The molecule has 3 N–H and O–H groups in total. The minimum Gasteiger partial charge on any atom is -0.497 e. The van der Waals surface area contributed by atoms with E-state index < -0.39 is 28.9 Å². The Kier molecular flexibility index (Phi) is 11.1. The molecule has 3 aromatic carbocycles. The molecule has 0 aliphatic carbocycles. The van der Waals surface area contributed by atoms with Gasteiger partial charge in [0.2, 0.25) is 0 Å². The van der Waals surface area contributed by atoms with E-state index in [1.54, 1.807) is 14.2 Å². The number of carbonyl (C=O) groups is 2. The Bertz CT molecular complexity index is 1600. The first-order valence-electron chi connectivity index (χ1n) is 14.0. The normalized spacial score (nSPS) is 12.3. The lowest BCUT2D eigenvalue weighted by Gasteiger charge is -2.25. The predicted octanol–water partition coefficient (Wildman–Crippen LogP) is 4.13. The number of aryl methyl sites for hydroxylation is 1. The van der Waals surface area contributed by atoms with E-state index in [0.29, 0.717) is 13.0 Å². The molecule has 0 saturated heterocycles. The molecule has 44 heavy (non-hydrogen) atoms. The minimum absolute atomic E-state index is 0.000224. The maximum atomic E-state index is 13.5. The number of nitro groups is 1. The quantitative estimate of drug-likeness (QED) is 0.141. The molecule has 2 atom stereocenters. The van der Waals surface area contributed by atoms with Gasteiger partial charge in [-0.3, -0.25) is 19.7 Å². The highest BCUT2D eigenvalue weighted by Crippen LogP contribution is 2.21. The third-order valence-corrected chi connectivity index (χ3v) is 7.87. The summed E-state index contributed by atoms with van der Waals surface area (Å²) in [6.07, 6.45) is -0.692. The van der Waals surface area contributed by atoms with E-state index in [2.05, 4.69) is 15.6 Å². The Morgan fingerprint density at radius 2 is 1.80 bits per heavy atom. The molecule has 0 aliphatic heterocycles. The Morgan fingerprint density at radius 1 is 1.07 bits per heavy atom. The predicted molar refractivity (Wildman–Crippen MR) is 168 cm³/mol. The van der Waals surface area contributed by atoms with Crippen molar-refractivity contribution in [3.8, 4) is 5.75 Å². The summed E-state index contributed by atoms with van der Waals surface area (Å²) in [5.41, 5.74) is 2.24. The fourth-order valence-electron chi connectivity index (χ4n) is 4.63. The van der Waals surface area contributed by atoms with Crippen LogP contribution in [0.3, 0.4) is 0 Å². The summed E-state index contributed by atoms with van der Waals surface area (Å²) < 4.78 is 5.27. The fraction of sp³-hybridized carbons (Fsp3) is 0.281. The van der Waals surface area contributed by atoms with Crippen molar-refractivity contribution in [1.82, 2.24) is 20.5 Å². The Balaban J connectivity index is 1.51. The van der Waals surface area contributed by atoms with Crippen molar-refractivity contribution in [1.29, 1.82) is 0 Å². The molecule has 1 heterocycles. The van der Waals surface area contributed by atoms with Crippen LogP contribution in [0.4, 0.5) is 5.69 Å². The number of non-ortho nitro benzene ring substituents is 1. The lowest BCUT2D eigenvalue weighted by molar-refractivity contribution is -0.384. The van der Waals surface area contributed by atoms with Crippen molar-refractivity contribution < 1.29 is 24.4 Å². The van der Waals surface area contributed by atoms with E-state index in [-0.39, 0.29) is 29.9 Å². The molecule has 230 valence electrons. The lowest BCUT2D eigenvalue weighted by atomic mass is 10.00. The van der Waals surface area contributed by atoms with Crippen LogP contribution in [0.1, 0.15) is 42.5 Å². The molecule has 0 spiro atoms. The second-order valence-corrected chi connectivity index (χ2v) is 11.3. The molecule has 0 aliphatic rings. The number of aliphatic hydroxyl groups is 1. The smallest absolute Gasteiger partial charge is 0.271 e. The molecule has 12 heteroatoms. The van der Waals surface area contributed by atoms with Crippen LogP contribution in [0.15, 0.2) is 78.2 Å². The summed E-state index contributed by atoms with van der Waals surface area (Å²) in [6.45, 7) is 2.70. The van der Waals surface area contributed by atoms with Crippen LogP contribution in [0.5, 0.6) is 5.75 Å². The van der Waals surface area contributed by atoms with Gasteiger partial charge in [0.1, 0.15) is 10.8 Å². The van der Waals surface area contributed by atoms with Crippen molar-refractivity contribution in [2.75, 3.05) is 20.7 Å². The largest absolute Gasteiger partial charge is 0.497 e. The van der Waals surface area contributed by atoms with E-state index in [9.17, 15) is 24.8 Å². The minimum atomic E-state index is -1.00. The van der Waals surface area contributed by atoms with Crippen molar-refractivity contribution in [2.24, 2.45) is 0 Å². The first kappa shape index (κ1) is 32.3. The zero-order valence-corrected chi connectivity index (χ0v) is 25.5. The van der Waals surface area contributed by atoms with Crippen LogP contribution < -0.4 is 15.4 Å². The van der Waals surface area contributed by atoms with Gasteiger partial charge in [0.05, 0.1) is 30.7 Å². The topological polar surface area (TPSA) is 147 Å². The van der Waals surface area contributed by atoms with Crippen molar-refractivity contribution in [3.63, 3.8) is 0 Å². The van der Waals surface area contributed by atoms with Gasteiger partial charge in [-0.1, -0.05) is 42.5 Å². The number of rotatable bonds is 14. The Morgan fingerprint density at radius 3 is 2.48 bits per heavy atom. The molecular weight excluding hydrogens is 582 g/mol. The van der Waals surface area contributed by atoms with E-state index in [1.165, 1.54) is 22.3 Å². The van der Waals surface area contributed by atoms with E-state index in [4.69, 9.17) is 4.74 Å². The van der Waals surface area contributed by atoms with Crippen LogP contribution in [-0.4, -0.2) is 64.6 Å². The van der Waals surface area contributed by atoms with Crippen LogP contribution in [0.2, 0.25) is 0 Å². The number of hydrogen-bond donors (Lipinski definition) is 3. The number of nitrogens with one attached hydrogen (secondary N) is 2. The van der Waals surface area contributed by atoms with Crippen LogP contribution >= 0.6 is 11.3 Å². The third-order valence-electron chi connectivity index (χ3n) is 6.92. The molecule has 2 unspecified atom stereocenters. The van der Waals surface area contributed by atoms with Crippen LogP contribution in [0, 0.1) is 17.0 Å². The van der Waals surface area contributed by atoms with Crippen molar-refractivity contribution >= 4 is 28.8 Å². The molecule has 4 rings (SSSR count). The molecule has 4 aromatic rings. The summed E-state index contributed by atoms with van der Waals surface area (Å²) in [4.78, 5) is 43.6. The summed E-state index contributed by atoms with van der Waals surface area (Å²) in [6, 6.07) is 19.8. The zero-order chi connectivity index (χ0) is 31.6. The van der Waals surface area contributed by atoms with Gasteiger partial charge in [0.25, 0.3) is 17.5 Å². The van der Waals surface area contributed by atoms with E-state index >= 15 is 0 Å². The van der Waals surface area contributed by atoms with Gasteiger partial charge in [-0.2, -0.15) is 0 Å². The van der Waals surface area contributed by atoms with Gasteiger partial charge in [0, 0.05) is 54.5 Å². The van der Waals surface area contributed by atoms with Gasteiger partial charge in [-0.05, 0) is 42.7 Å². The number of aliphatic hydroxyl groups excluding tert-OH is 1. The second kappa shape index (κ2) is 15.2. The number of methoxy groups -OCH3 is 1. The highest BCUT2D eigenvalue weighted by Gasteiger charge is 2.25. The van der Waals surface area contributed by atoms with Crippen molar-refractivity contribution in [3.05, 3.63) is 121 Å². The molecule has 1 aromatic heterocycles. The number of aromatic nitrogens is 1. The number of ether oxygens (including phenoxy) is 1. The first-order chi connectivity index (χ1) is 21.1. The lowest BCUT2D eigenvalue weighted by Crippen LogP contribution is -2.48. The van der Waals surface area contributed by atoms with E-state index in [1.807, 2.05) is 66.9 Å². The fourth-order valence-corrected chi connectivity index (χ4v) is 5.46. The van der Waals surface area contributed by atoms with Crippen LogP contribution in [-0.2, 0) is 19.5 Å². The second-order valence-electron chi connectivity index (χ2n) is 10.4. The Hall–Kier alpha value is -4.65. The van der Waals surface area contributed by atoms with Gasteiger partial charge >= 0.3 is 0 Å². The third kappa shape index (κ3) is 8.93. The number of carbonyl (C=O) groups excluding carboxylic acids is 2. The van der Waals surface area contributed by atoms with Gasteiger partial charge in [0.15, 0.2) is 0 Å². The number of nitrogens with zero attached hydrogens (tertiary/aromatic N) is 3. The molecule has 0 fully saturated rings. The molecule has 0 bridgehead atoms. The summed E-state index contributed by atoms with van der Waals surface area (Å²) >= 11 is 1.41. The molecule has 11 nitrogen and oxygen atoms in total. The standard InChI is InChI=1S/C32H35N5O6S/c1-21-20-44-30(34-21)19-36(2)32(40)25-14-24(15-26(16-25)37(41)42)31(39)35-28(13-22-8-5-4-6-9-22)29(38)18-33-17-23-10-7-11-27(12-23)43-3/h4-12,14-16,20,28-29,33,38H,13,17-19H2,1-3H3,(H,35,39). The monoisotopic (exact) mass is 617 g/mol. The highest BCUT2D eigenvalue weighted by atomic mass is 32.1. The number of amides is 2. The number of benzene rings is 3. The van der Waals surface area contributed by atoms with Crippen LogP contribution in [0.25, 0.3) is 0 Å². The maximum Gasteiger partial charge on any atom is 0.271 e. The van der Waals surface area contributed by atoms with E-state index in [0.717, 1.165) is 39.7 Å². The highest BCUT2D eigenvalue weighted by molar-refractivity contribution is 7.09. The molecule has 0 saturated carbocycles. The van der Waals surface area contributed by atoms with Gasteiger partial charge < -0.3 is 25.4 Å². The van der Waals surface area contributed by atoms with Gasteiger partial charge in [-0.15, -0.1) is 11.3 Å². The molecular formula is C32H35N5O6S. The zero-order valence-electron chi connectivity index (χ0n) is 24.7. The van der Waals surface area contributed by atoms with Crippen molar-refractivity contribution in [2.45, 2.75) is 38.6 Å². The average molecular weight is 618 g/mol. The summed E-state index contributed by atoms with van der Waals surface area (Å²) in [7, 11) is 3.16. The summed E-state index contributed by atoms with van der Waals surface area (Å²) in [5.74, 6) is -0.412. The average Bonchev–Trinajstić information content (AvgIpc) is 3.44. The molecule has 0 radical (unpaired) electrons. The molecule has 2 amide bonds. The number of thiazole rings is 1. The summed E-state index contributed by atoms with van der Waals surface area (Å²) in [5, 5.41) is 31.6.